The Hall–Kier alpha value is -2.71. The Kier molecular flexibility index (Phi) is 8.23. The van der Waals surface area contributed by atoms with Crippen LogP contribution in [0, 0.1) is 0 Å². The Balaban J connectivity index is 1.47. The molecule has 6 nitrogen and oxygen atoms in total. The van der Waals surface area contributed by atoms with Crippen LogP contribution in [0.5, 0.6) is 11.5 Å². The zero-order valence-corrected chi connectivity index (χ0v) is 21.9. The maximum absolute atomic E-state index is 12.0. The monoisotopic (exact) mass is 576 g/mol. The molecule has 0 aliphatic carbocycles. The average molecular weight is 578 g/mol. The third-order valence-corrected chi connectivity index (χ3v) is 6.96. The van der Waals surface area contributed by atoms with Gasteiger partial charge in [0.15, 0.2) is 11.5 Å². The Labute approximate surface area is 221 Å². The van der Waals surface area contributed by atoms with E-state index in [1.807, 2.05) is 42.6 Å². The van der Waals surface area contributed by atoms with Crippen LogP contribution in [0.15, 0.2) is 65.3 Å². The molecule has 4 rings (SSSR count). The van der Waals surface area contributed by atoms with Gasteiger partial charge < -0.3 is 24.9 Å². The van der Waals surface area contributed by atoms with Gasteiger partial charge in [0, 0.05) is 45.7 Å². The molecule has 0 saturated heterocycles. The second-order valence-corrected chi connectivity index (χ2v) is 9.60. The van der Waals surface area contributed by atoms with E-state index >= 15 is 0 Å². The van der Waals surface area contributed by atoms with Crippen molar-refractivity contribution in [3.05, 3.63) is 92.0 Å². The molecule has 4 aromatic rings. The molecule has 3 aromatic carbocycles. The summed E-state index contributed by atoms with van der Waals surface area (Å²) in [5, 5.41) is 15.0. The first kappa shape index (κ1) is 25.4. The summed E-state index contributed by atoms with van der Waals surface area (Å²) in [6.07, 6.45) is 2.21. The molecule has 0 amide bonds. The Morgan fingerprint density at radius 3 is 2.60 bits per heavy atom. The first-order valence-electron chi connectivity index (χ1n) is 10.8. The Bertz CT molecular complexity index is 1340. The van der Waals surface area contributed by atoms with Crippen molar-refractivity contribution < 1.29 is 19.4 Å². The summed E-state index contributed by atoms with van der Waals surface area (Å²) in [6, 6.07) is 16.0. The van der Waals surface area contributed by atoms with Gasteiger partial charge in [0.2, 0.25) is 0 Å². The molecular formula is C26H23BrCl2N2O4. The highest BCUT2D eigenvalue weighted by atomic mass is 79.9. The molecule has 1 aromatic heterocycles. The molecule has 0 radical (unpaired) electrons. The number of rotatable bonds is 10. The molecule has 1 heterocycles. The summed E-state index contributed by atoms with van der Waals surface area (Å²) in [4.78, 5) is 15.1. The molecule has 0 aliphatic heterocycles. The molecule has 0 aliphatic rings. The van der Waals surface area contributed by atoms with Crippen molar-refractivity contribution in [1.82, 2.24) is 10.3 Å². The van der Waals surface area contributed by atoms with Crippen LogP contribution in [-0.4, -0.2) is 29.2 Å². The molecule has 0 spiro atoms. The van der Waals surface area contributed by atoms with E-state index in [1.54, 1.807) is 25.3 Å². The fourth-order valence-corrected chi connectivity index (χ4v) is 4.95. The second-order valence-electron chi connectivity index (χ2n) is 7.93. The highest BCUT2D eigenvalue weighted by Crippen LogP contribution is 2.38. The van der Waals surface area contributed by atoms with Gasteiger partial charge in [-0.1, -0.05) is 47.5 Å². The standard InChI is InChI=1S/C26H23BrCl2N2O4/c1-34-24-10-15(9-19(27)25(24)35-14-18-20(28)6-4-7-21(18)29)12-30-23(26(32)33)11-16-13-31-22-8-3-2-5-17(16)22/h2-10,13,23,30-31H,11-12,14H2,1H3,(H,32,33). The number of methoxy groups -OCH3 is 1. The topological polar surface area (TPSA) is 83.6 Å². The van der Waals surface area contributed by atoms with Crippen LogP contribution in [-0.2, 0) is 24.4 Å². The molecule has 9 heteroatoms. The third-order valence-electron chi connectivity index (χ3n) is 5.66. The molecule has 1 atom stereocenters. The predicted octanol–water partition coefficient (Wildman–Crippen LogP) is 6.61. The SMILES string of the molecule is COc1cc(CNC(Cc2c[nH]c3ccccc23)C(=O)O)cc(Br)c1OCc1c(Cl)cccc1Cl. The van der Waals surface area contributed by atoms with Crippen LogP contribution in [0.25, 0.3) is 10.9 Å². The number of benzene rings is 3. The van der Waals surface area contributed by atoms with Crippen molar-refractivity contribution >= 4 is 56.0 Å². The summed E-state index contributed by atoms with van der Waals surface area (Å²) in [5.74, 6) is 0.0848. The summed E-state index contributed by atoms with van der Waals surface area (Å²) in [6.45, 7) is 0.488. The van der Waals surface area contributed by atoms with E-state index < -0.39 is 12.0 Å². The Morgan fingerprint density at radius 2 is 1.89 bits per heavy atom. The van der Waals surface area contributed by atoms with Gasteiger partial charge in [-0.05, 0) is 57.4 Å². The minimum atomic E-state index is -0.919. The number of ether oxygens (including phenoxy) is 2. The van der Waals surface area contributed by atoms with Gasteiger partial charge in [-0.3, -0.25) is 4.79 Å². The van der Waals surface area contributed by atoms with E-state index in [9.17, 15) is 9.90 Å². The lowest BCUT2D eigenvalue weighted by atomic mass is 10.0. The highest BCUT2D eigenvalue weighted by Gasteiger charge is 2.20. The molecule has 0 fully saturated rings. The van der Waals surface area contributed by atoms with Crippen molar-refractivity contribution in [3.63, 3.8) is 0 Å². The van der Waals surface area contributed by atoms with Gasteiger partial charge >= 0.3 is 5.97 Å². The number of carboxylic acid groups (broad SMARTS) is 1. The number of aromatic amines is 1. The molecule has 1 unspecified atom stereocenters. The van der Waals surface area contributed by atoms with Gasteiger partial charge in [0.25, 0.3) is 0 Å². The highest BCUT2D eigenvalue weighted by molar-refractivity contribution is 9.10. The zero-order chi connectivity index (χ0) is 24.9. The number of carboxylic acids is 1. The number of nitrogens with one attached hydrogen (secondary N) is 2. The largest absolute Gasteiger partial charge is 0.493 e. The molecule has 182 valence electrons. The third kappa shape index (κ3) is 5.93. The van der Waals surface area contributed by atoms with Crippen LogP contribution >= 0.6 is 39.1 Å². The number of hydrogen-bond donors (Lipinski definition) is 3. The quantitative estimate of drug-likeness (QED) is 0.197. The van der Waals surface area contributed by atoms with E-state index in [-0.39, 0.29) is 6.61 Å². The second kappa shape index (κ2) is 11.4. The Morgan fingerprint density at radius 1 is 1.14 bits per heavy atom. The number of hydrogen-bond acceptors (Lipinski definition) is 4. The van der Waals surface area contributed by atoms with Crippen molar-refractivity contribution in [2.24, 2.45) is 0 Å². The molecule has 0 bridgehead atoms. The van der Waals surface area contributed by atoms with Crippen molar-refractivity contribution in [1.29, 1.82) is 0 Å². The first-order valence-corrected chi connectivity index (χ1v) is 12.4. The van der Waals surface area contributed by atoms with Gasteiger partial charge in [0.1, 0.15) is 12.6 Å². The number of aromatic nitrogens is 1. The van der Waals surface area contributed by atoms with Crippen LogP contribution in [0.3, 0.4) is 0 Å². The number of aliphatic carboxylic acids is 1. The number of para-hydroxylation sites is 1. The minimum absolute atomic E-state index is 0.163. The smallest absolute Gasteiger partial charge is 0.321 e. The van der Waals surface area contributed by atoms with E-state index in [0.29, 0.717) is 44.5 Å². The van der Waals surface area contributed by atoms with E-state index in [1.165, 1.54) is 0 Å². The number of halogens is 3. The first-order chi connectivity index (χ1) is 16.9. The predicted molar refractivity (Wildman–Crippen MR) is 142 cm³/mol. The molecular weight excluding hydrogens is 555 g/mol. The van der Waals surface area contributed by atoms with Gasteiger partial charge in [0.05, 0.1) is 11.6 Å². The lowest BCUT2D eigenvalue weighted by Gasteiger charge is -2.17. The van der Waals surface area contributed by atoms with Gasteiger partial charge in [-0.2, -0.15) is 0 Å². The number of H-pyrrole nitrogens is 1. The lowest BCUT2D eigenvalue weighted by Crippen LogP contribution is -2.38. The van der Waals surface area contributed by atoms with Crippen molar-refractivity contribution in [3.8, 4) is 11.5 Å². The van der Waals surface area contributed by atoms with Gasteiger partial charge in [-0.25, -0.2) is 0 Å². The van der Waals surface area contributed by atoms with Crippen LogP contribution in [0.1, 0.15) is 16.7 Å². The summed E-state index contributed by atoms with van der Waals surface area (Å²) in [5.41, 5.74) is 3.44. The number of fused-ring (bicyclic) bond motifs is 1. The summed E-state index contributed by atoms with van der Waals surface area (Å²) in [7, 11) is 1.55. The normalized spacial score (nSPS) is 12.0. The average Bonchev–Trinajstić information content (AvgIpc) is 3.24. The van der Waals surface area contributed by atoms with Crippen LogP contribution in [0.2, 0.25) is 10.0 Å². The lowest BCUT2D eigenvalue weighted by molar-refractivity contribution is -0.139. The maximum atomic E-state index is 12.0. The van der Waals surface area contributed by atoms with E-state index in [4.69, 9.17) is 32.7 Å². The molecule has 0 saturated carbocycles. The van der Waals surface area contributed by atoms with Crippen LogP contribution in [0.4, 0.5) is 0 Å². The zero-order valence-electron chi connectivity index (χ0n) is 18.8. The minimum Gasteiger partial charge on any atom is -0.493 e. The number of carbonyl (C=O) groups is 1. The van der Waals surface area contributed by atoms with Crippen molar-refractivity contribution in [2.45, 2.75) is 25.6 Å². The van der Waals surface area contributed by atoms with E-state index in [2.05, 4.69) is 26.2 Å². The maximum Gasteiger partial charge on any atom is 0.321 e. The van der Waals surface area contributed by atoms with Crippen molar-refractivity contribution in [2.75, 3.05) is 7.11 Å². The molecule has 35 heavy (non-hydrogen) atoms. The fourth-order valence-electron chi connectivity index (χ4n) is 3.84. The summed E-state index contributed by atoms with van der Waals surface area (Å²) < 4.78 is 12.2. The van der Waals surface area contributed by atoms with E-state index in [0.717, 1.165) is 22.0 Å². The fraction of sp³-hybridized carbons (Fsp3) is 0.192. The van der Waals surface area contributed by atoms with Crippen LogP contribution < -0.4 is 14.8 Å². The molecule has 3 N–H and O–H groups in total. The van der Waals surface area contributed by atoms with Gasteiger partial charge in [-0.15, -0.1) is 0 Å². The summed E-state index contributed by atoms with van der Waals surface area (Å²) >= 11 is 16.0.